The standard InChI is InChI=1S/C25H26N10O7S4/c1-32-23(29-30-31-32)46-10-11-9-45-18-15(17(37)34(18)16(11)19(38)39)27-20(40)25(28-22(42)33-5-4-26-21(33)41)12-2-3-14(36)13(8-12)35(25)24-43-6-7-44-24/h2-3,8,15,18,24,36H,4-7,9-10H2,1H3,(H,26,41)(H,27,40)(H,28,42)(H,38,39)/t15?,18-,25?/m0/s1. The zero-order valence-corrected chi connectivity index (χ0v) is 27.2. The van der Waals surface area contributed by atoms with Gasteiger partial charge in [0.25, 0.3) is 11.8 Å². The number of hydrogen-bond acceptors (Lipinski definition) is 14. The van der Waals surface area contributed by atoms with Gasteiger partial charge < -0.3 is 31.1 Å². The first-order valence-electron chi connectivity index (χ1n) is 13.9. The number of carbonyl (C=O) groups excluding carboxylic acids is 4. The van der Waals surface area contributed by atoms with E-state index in [1.807, 2.05) is 0 Å². The average molecular weight is 707 g/mol. The Morgan fingerprint density at radius 3 is 2.65 bits per heavy atom. The van der Waals surface area contributed by atoms with Crippen LogP contribution in [0.4, 0.5) is 15.3 Å². The Kier molecular flexibility index (Phi) is 7.88. The van der Waals surface area contributed by atoms with E-state index in [0.717, 1.165) is 16.4 Å². The van der Waals surface area contributed by atoms with Crippen LogP contribution in [0.25, 0.3) is 0 Å². The number of fused-ring (bicyclic) bond motifs is 3. The van der Waals surface area contributed by atoms with Crippen molar-refractivity contribution < 1.29 is 34.2 Å². The molecule has 6 heterocycles. The summed E-state index contributed by atoms with van der Waals surface area (Å²) < 4.78 is 1.06. The Balaban J connectivity index is 1.18. The van der Waals surface area contributed by atoms with Crippen LogP contribution in [0.15, 0.2) is 34.6 Å². The number of aliphatic carboxylic acids is 1. The number of aromatic nitrogens is 4. The molecule has 0 saturated carbocycles. The summed E-state index contributed by atoms with van der Waals surface area (Å²) >= 11 is 5.60. The Labute approximate surface area is 277 Å². The van der Waals surface area contributed by atoms with Crippen LogP contribution in [0.1, 0.15) is 5.56 Å². The van der Waals surface area contributed by atoms with Crippen molar-refractivity contribution >= 4 is 82.6 Å². The fraction of sp³-hybridized carbons (Fsp3) is 0.440. The van der Waals surface area contributed by atoms with Gasteiger partial charge in [-0.05, 0) is 28.1 Å². The molecular formula is C25H26N10O7S4. The molecule has 242 valence electrons. The molecule has 2 bridgehead atoms. The van der Waals surface area contributed by atoms with Gasteiger partial charge in [0.1, 0.15) is 27.6 Å². The summed E-state index contributed by atoms with van der Waals surface area (Å²) in [4.78, 5) is 70.3. The zero-order chi connectivity index (χ0) is 32.3. The van der Waals surface area contributed by atoms with E-state index in [9.17, 15) is 34.2 Å². The molecule has 2 aromatic rings. The first kappa shape index (κ1) is 30.8. The van der Waals surface area contributed by atoms with E-state index >= 15 is 0 Å². The molecule has 1 aromatic carbocycles. The van der Waals surface area contributed by atoms with Crippen LogP contribution in [-0.4, -0.2) is 122 Å². The number of benzene rings is 1. The number of tetrazole rings is 1. The minimum atomic E-state index is -1.93. The van der Waals surface area contributed by atoms with E-state index in [2.05, 4.69) is 31.5 Å². The van der Waals surface area contributed by atoms with Gasteiger partial charge >= 0.3 is 18.0 Å². The Morgan fingerprint density at radius 1 is 1.20 bits per heavy atom. The number of imide groups is 1. The summed E-state index contributed by atoms with van der Waals surface area (Å²) in [6, 6.07) is 2.00. The van der Waals surface area contributed by atoms with Gasteiger partial charge in [0.05, 0.1) is 5.69 Å². The maximum absolute atomic E-state index is 14.6. The van der Waals surface area contributed by atoms with Gasteiger partial charge in [0.2, 0.25) is 10.8 Å². The molecule has 0 spiro atoms. The highest BCUT2D eigenvalue weighted by Crippen LogP contribution is 2.52. The molecule has 5 aliphatic heterocycles. The van der Waals surface area contributed by atoms with Crippen LogP contribution in [-0.2, 0) is 27.1 Å². The van der Waals surface area contributed by atoms with Crippen LogP contribution in [0.2, 0.25) is 0 Å². The van der Waals surface area contributed by atoms with Crippen molar-refractivity contribution in [1.82, 2.24) is 46.0 Å². The molecule has 7 rings (SSSR count). The van der Waals surface area contributed by atoms with Gasteiger partial charge in [0, 0.05) is 48.7 Å². The van der Waals surface area contributed by atoms with Crippen LogP contribution in [0.3, 0.4) is 0 Å². The van der Waals surface area contributed by atoms with Crippen molar-refractivity contribution in [3.05, 3.63) is 35.0 Å². The molecule has 5 aliphatic rings. The molecular weight excluding hydrogens is 681 g/mol. The molecule has 3 atom stereocenters. The first-order chi connectivity index (χ1) is 22.1. The lowest BCUT2D eigenvalue weighted by atomic mass is 9.98. The number of amides is 6. The van der Waals surface area contributed by atoms with Crippen molar-refractivity contribution in [2.45, 2.75) is 26.9 Å². The minimum Gasteiger partial charge on any atom is -0.506 e. The number of carbonyl (C=O) groups is 5. The number of anilines is 1. The summed E-state index contributed by atoms with van der Waals surface area (Å²) in [6.07, 6.45) is 0. The highest BCUT2D eigenvalue weighted by Gasteiger charge is 2.60. The van der Waals surface area contributed by atoms with Gasteiger partial charge in [-0.1, -0.05) is 17.8 Å². The molecule has 17 nitrogen and oxygen atoms in total. The number of phenols is 1. The number of aromatic hydroxyl groups is 1. The quantitative estimate of drug-likeness (QED) is 0.179. The fourth-order valence-electron chi connectivity index (χ4n) is 5.88. The van der Waals surface area contributed by atoms with E-state index in [1.165, 1.54) is 68.8 Å². The normalized spacial score (nSPS) is 25.5. The molecule has 1 aromatic heterocycles. The number of nitrogens with zero attached hydrogens (tertiary/aromatic N) is 7. The number of β-lactam (4-membered cyclic amide) rings is 1. The number of rotatable bonds is 8. The van der Waals surface area contributed by atoms with E-state index in [1.54, 1.807) is 18.0 Å². The van der Waals surface area contributed by atoms with Crippen LogP contribution >= 0.6 is 47.0 Å². The van der Waals surface area contributed by atoms with Crippen molar-refractivity contribution in [1.29, 1.82) is 0 Å². The Bertz CT molecular complexity index is 1700. The molecule has 2 unspecified atom stereocenters. The van der Waals surface area contributed by atoms with E-state index in [0.29, 0.717) is 22.0 Å². The lowest BCUT2D eigenvalue weighted by Gasteiger charge is -2.51. The number of hydrogen-bond donors (Lipinski definition) is 5. The lowest BCUT2D eigenvalue weighted by Crippen LogP contribution is -2.75. The van der Waals surface area contributed by atoms with Gasteiger partial charge in [0.15, 0.2) is 0 Å². The molecule has 3 fully saturated rings. The topological polar surface area (TPSA) is 215 Å². The number of urea groups is 2. The van der Waals surface area contributed by atoms with Crippen LogP contribution < -0.4 is 20.9 Å². The first-order valence-corrected chi connectivity index (χ1v) is 18.0. The van der Waals surface area contributed by atoms with Crippen LogP contribution in [0.5, 0.6) is 5.75 Å². The molecule has 21 heteroatoms. The number of carboxylic acids is 1. The van der Waals surface area contributed by atoms with E-state index < -0.39 is 51.6 Å². The smallest absolute Gasteiger partial charge is 0.352 e. The average Bonchev–Trinajstić information content (AvgIpc) is 3.84. The summed E-state index contributed by atoms with van der Waals surface area (Å²) in [5.41, 5.74) is -0.917. The number of aryl methyl sites for hydroxylation is 1. The highest BCUT2D eigenvalue weighted by molar-refractivity contribution is 8.20. The molecule has 0 radical (unpaired) electrons. The SMILES string of the molecule is Cn1nnnc1SCC1=C(C(=O)O)N2C(=O)C(NC(=O)C3(NC(=O)N4CCNC4=O)c4ccc(O)c(c4)N3C3SCCS3)[C@@H]2SC1. The van der Waals surface area contributed by atoms with Gasteiger partial charge in [-0.3, -0.25) is 14.5 Å². The Hall–Kier alpha value is -3.82. The third kappa shape index (κ3) is 4.82. The molecule has 0 aliphatic carbocycles. The molecule has 6 amide bonds. The predicted molar refractivity (Wildman–Crippen MR) is 169 cm³/mol. The summed E-state index contributed by atoms with van der Waals surface area (Å²) in [6.45, 7) is 0.337. The summed E-state index contributed by atoms with van der Waals surface area (Å²) in [7, 11) is 1.66. The summed E-state index contributed by atoms with van der Waals surface area (Å²) in [5.74, 6) is -0.715. The number of thioether (sulfide) groups is 4. The number of nitrogens with one attached hydrogen (secondary N) is 3. The lowest BCUT2D eigenvalue weighted by molar-refractivity contribution is -0.151. The zero-order valence-electron chi connectivity index (χ0n) is 23.9. The van der Waals surface area contributed by atoms with Crippen molar-refractivity contribution in [3.63, 3.8) is 0 Å². The maximum Gasteiger partial charge on any atom is 0.352 e. The monoisotopic (exact) mass is 706 g/mol. The molecule has 5 N–H and O–H groups in total. The molecule has 3 saturated heterocycles. The largest absolute Gasteiger partial charge is 0.506 e. The second-order valence-electron chi connectivity index (χ2n) is 10.6. The maximum atomic E-state index is 14.6. The van der Waals surface area contributed by atoms with Gasteiger partial charge in [-0.15, -0.1) is 40.4 Å². The molecule has 46 heavy (non-hydrogen) atoms. The minimum absolute atomic E-state index is 0.0883. The third-order valence-corrected chi connectivity index (χ3v) is 13.4. The van der Waals surface area contributed by atoms with Crippen LogP contribution in [0, 0.1) is 0 Å². The number of carboxylic acid groups (broad SMARTS) is 1. The summed E-state index contributed by atoms with van der Waals surface area (Å²) in [5, 5.41) is 40.1. The number of phenolic OH excluding ortho intramolecular Hbond substituents is 1. The van der Waals surface area contributed by atoms with Crippen molar-refractivity contribution in [2.75, 3.05) is 41.0 Å². The fourth-order valence-corrected chi connectivity index (χ4v) is 11.2. The van der Waals surface area contributed by atoms with E-state index in [4.69, 9.17) is 0 Å². The van der Waals surface area contributed by atoms with Gasteiger partial charge in [-0.25, -0.2) is 24.0 Å². The second-order valence-corrected chi connectivity index (χ2v) is 15.4. The van der Waals surface area contributed by atoms with E-state index in [-0.39, 0.29) is 36.0 Å². The third-order valence-electron chi connectivity index (χ3n) is 8.04. The van der Waals surface area contributed by atoms with Gasteiger partial charge in [-0.2, -0.15) is 0 Å². The highest BCUT2D eigenvalue weighted by atomic mass is 32.2. The van der Waals surface area contributed by atoms with Crippen molar-refractivity contribution in [2.24, 2.45) is 7.05 Å². The Morgan fingerprint density at radius 2 is 1.98 bits per heavy atom. The second kappa shape index (κ2) is 11.8. The predicted octanol–water partition coefficient (Wildman–Crippen LogP) is -0.0822. The van der Waals surface area contributed by atoms with Crippen molar-refractivity contribution in [3.8, 4) is 5.75 Å².